The number of imide groups is 1. The Kier molecular flexibility index (Phi) is 4.92. The van der Waals surface area contributed by atoms with E-state index in [1.807, 2.05) is 0 Å². The van der Waals surface area contributed by atoms with Crippen LogP contribution in [-0.4, -0.2) is 40.5 Å². The van der Waals surface area contributed by atoms with Crippen molar-refractivity contribution >= 4 is 23.3 Å². The first-order chi connectivity index (χ1) is 13.1. The number of aromatic nitrogens is 1. The first-order valence-corrected chi connectivity index (χ1v) is 9.93. The molecule has 2 aliphatic heterocycles. The maximum Gasteiger partial charge on any atom is 0.325 e. The molecule has 2 N–H and O–H groups in total. The maximum atomic E-state index is 13.5. The van der Waals surface area contributed by atoms with Crippen molar-refractivity contribution in [1.82, 2.24) is 20.5 Å². The normalized spacial score (nSPS) is 23.7. The van der Waals surface area contributed by atoms with Crippen molar-refractivity contribution in [3.8, 4) is 0 Å². The molecule has 1 aromatic carbocycles. The summed E-state index contributed by atoms with van der Waals surface area (Å²) in [5, 5.41) is 6.32. The van der Waals surface area contributed by atoms with E-state index >= 15 is 0 Å². The van der Waals surface area contributed by atoms with Crippen LogP contribution in [-0.2, 0) is 17.8 Å². The van der Waals surface area contributed by atoms with E-state index in [0.29, 0.717) is 6.42 Å². The molecule has 0 bridgehead atoms. The molecule has 1 atom stereocenters. The van der Waals surface area contributed by atoms with Gasteiger partial charge >= 0.3 is 6.03 Å². The third kappa shape index (κ3) is 3.46. The van der Waals surface area contributed by atoms with Crippen LogP contribution in [0, 0.1) is 11.7 Å². The number of hydrogen-bond donors (Lipinski definition) is 2. The van der Waals surface area contributed by atoms with Crippen molar-refractivity contribution in [2.24, 2.45) is 5.92 Å². The van der Waals surface area contributed by atoms with Gasteiger partial charge in [0.25, 0.3) is 5.91 Å². The molecule has 3 heterocycles. The number of rotatable bonds is 5. The highest BCUT2D eigenvalue weighted by atomic mass is 32.1. The van der Waals surface area contributed by atoms with Gasteiger partial charge in [-0.1, -0.05) is 12.1 Å². The van der Waals surface area contributed by atoms with Gasteiger partial charge in [-0.25, -0.2) is 9.18 Å². The zero-order valence-electron chi connectivity index (χ0n) is 14.8. The number of thiazole rings is 1. The first-order valence-electron chi connectivity index (χ1n) is 9.05. The van der Waals surface area contributed by atoms with E-state index in [2.05, 4.69) is 15.6 Å². The molecule has 4 rings (SSSR count). The van der Waals surface area contributed by atoms with Gasteiger partial charge in [0, 0.05) is 17.5 Å². The van der Waals surface area contributed by atoms with Crippen LogP contribution in [0.1, 0.15) is 23.3 Å². The summed E-state index contributed by atoms with van der Waals surface area (Å²) >= 11 is 1.42. The zero-order valence-corrected chi connectivity index (χ0v) is 15.6. The van der Waals surface area contributed by atoms with Crippen molar-refractivity contribution in [3.05, 3.63) is 52.2 Å². The van der Waals surface area contributed by atoms with Crippen LogP contribution in [0.15, 0.2) is 36.0 Å². The van der Waals surface area contributed by atoms with E-state index in [-0.39, 0.29) is 30.2 Å². The van der Waals surface area contributed by atoms with Crippen LogP contribution < -0.4 is 10.6 Å². The minimum atomic E-state index is -0.984. The third-order valence-corrected chi connectivity index (χ3v) is 6.20. The molecule has 27 heavy (non-hydrogen) atoms. The number of urea groups is 1. The first kappa shape index (κ1) is 18.1. The van der Waals surface area contributed by atoms with Gasteiger partial charge in [0.2, 0.25) is 0 Å². The second-order valence-corrected chi connectivity index (χ2v) is 8.06. The molecule has 8 heteroatoms. The molecule has 142 valence electrons. The molecule has 1 aromatic heterocycles. The summed E-state index contributed by atoms with van der Waals surface area (Å²) in [6.07, 6.45) is 3.65. The van der Waals surface area contributed by atoms with E-state index < -0.39 is 5.54 Å². The molecule has 2 aliphatic rings. The molecule has 0 saturated carbocycles. The van der Waals surface area contributed by atoms with E-state index in [1.165, 1.54) is 28.4 Å². The summed E-state index contributed by atoms with van der Waals surface area (Å²) in [6.45, 7) is 1.85. The Balaban J connectivity index is 1.66. The van der Waals surface area contributed by atoms with E-state index in [1.54, 1.807) is 23.8 Å². The van der Waals surface area contributed by atoms with E-state index in [9.17, 15) is 14.0 Å². The number of carbonyl (C=O) groups is 2. The van der Waals surface area contributed by atoms with Crippen molar-refractivity contribution < 1.29 is 14.0 Å². The Morgan fingerprint density at radius 1 is 1.22 bits per heavy atom. The molecule has 0 aliphatic carbocycles. The van der Waals surface area contributed by atoms with Crippen LogP contribution in [0.25, 0.3) is 0 Å². The topological polar surface area (TPSA) is 74.3 Å². The number of nitrogens with one attached hydrogen (secondary N) is 2. The number of piperidine rings is 1. The monoisotopic (exact) mass is 388 g/mol. The summed E-state index contributed by atoms with van der Waals surface area (Å²) in [7, 11) is 0. The lowest BCUT2D eigenvalue weighted by atomic mass is 9.74. The van der Waals surface area contributed by atoms with Crippen LogP contribution in [0.5, 0.6) is 0 Å². The lowest BCUT2D eigenvalue weighted by molar-refractivity contribution is -0.134. The Morgan fingerprint density at radius 3 is 2.63 bits per heavy atom. The number of carbonyl (C=O) groups excluding carboxylic acids is 2. The van der Waals surface area contributed by atoms with Crippen LogP contribution in [0.4, 0.5) is 9.18 Å². The lowest BCUT2D eigenvalue weighted by Crippen LogP contribution is -2.57. The van der Waals surface area contributed by atoms with Gasteiger partial charge in [0.1, 0.15) is 11.4 Å². The fourth-order valence-corrected chi connectivity index (χ4v) is 4.63. The SMILES string of the molecule is O=C1N[C@](Cc2ccc(F)cc2)(C2CCNCC2)C(=O)N1Cc1cncs1. The molecule has 2 saturated heterocycles. The third-order valence-electron chi connectivity index (χ3n) is 5.43. The smallest absolute Gasteiger partial charge is 0.322 e. The van der Waals surface area contributed by atoms with Crippen LogP contribution >= 0.6 is 11.3 Å². The summed E-state index contributed by atoms with van der Waals surface area (Å²) < 4.78 is 13.3. The Morgan fingerprint density at radius 2 is 1.96 bits per heavy atom. The molecule has 3 amide bonds. The number of hydrogen-bond acceptors (Lipinski definition) is 5. The quantitative estimate of drug-likeness (QED) is 0.771. The number of halogens is 1. The van der Waals surface area contributed by atoms with Crippen molar-refractivity contribution in [2.45, 2.75) is 31.3 Å². The van der Waals surface area contributed by atoms with Gasteiger partial charge in [-0.2, -0.15) is 0 Å². The molecule has 0 unspecified atom stereocenters. The fourth-order valence-electron chi connectivity index (χ4n) is 4.04. The zero-order chi connectivity index (χ0) is 18.9. The highest BCUT2D eigenvalue weighted by Gasteiger charge is 2.55. The highest BCUT2D eigenvalue weighted by molar-refractivity contribution is 7.09. The number of nitrogens with zero attached hydrogens (tertiary/aromatic N) is 2. The van der Waals surface area contributed by atoms with Gasteiger partial charge in [-0.15, -0.1) is 11.3 Å². The van der Waals surface area contributed by atoms with Gasteiger partial charge in [0.15, 0.2) is 0 Å². The van der Waals surface area contributed by atoms with Gasteiger partial charge in [-0.05, 0) is 49.5 Å². The Bertz CT molecular complexity index is 821. The Hall–Kier alpha value is -2.32. The maximum absolute atomic E-state index is 13.5. The van der Waals surface area contributed by atoms with Crippen LogP contribution in [0.3, 0.4) is 0 Å². The second kappa shape index (κ2) is 7.36. The fraction of sp³-hybridized carbons (Fsp3) is 0.421. The molecular formula is C19H21FN4O2S. The van der Waals surface area contributed by atoms with Crippen molar-refractivity contribution in [3.63, 3.8) is 0 Å². The molecular weight excluding hydrogens is 367 g/mol. The predicted octanol–water partition coefficient (Wildman–Crippen LogP) is 2.32. The standard InChI is InChI=1S/C19H21FN4O2S/c20-15-3-1-13(2-4-15)9-19(14-5-7-21-8-6-14)17(25)24(18(26)23-19)11-16-10-22-12-27-16/h1-4,10,12,14,21H,5-9,11H2,(H,23,26)/t19-/m1/s1. The Labute approximate surface area is 160 Å². The minimum Gasteiger partial charge on any atom is -0.322 e. The average Bonchev–Trinajstić information content (AvgIpc) is 3.28. The van der Waals surface area contributed by atoms with Crippen molar-refractivity contribution in [2.75, 3.05) is 13.1 Å². The number of benzene rings is 1. The summed E-state index contributed by atoms with van der Waals surface area (Å²) in [5.41, 5.74) is 1.54. The van der Waals surface area contributed by atoms with E-state index in [4.69, 9.17) is 0 Å². The molecule has 2 fully saturated rings. The summed E-state index contributed by atoms with van der Waals surface area (Å²) in [6, 6.07) is 5.78. The van der Waals surface area contributed by atoms with Gasteiger partial charge in [-0.3, -0.25) is 14.7 Å². The minimum absolute atomic E-state index is 0.0340. The van der Waals surface area contributed by atoms with Gasteiger partial charge < -0.3 is 10.6 Å². The second-order valence-electron chi connectivity index (χ2n) is 7.09. The average molecular weight is 388 g/mol. The summed E-state index contributed by atoms with van der Waals surface area (Å²) in [4.78, 5) is 32.4. The van der Waals surface area contributed by atoms with Crippen molar-refractivity contribution in [1.29, 1.82) is 0 Å². The molecule has 0 spiro atoms. The molecule has 0 radical (unpaired) electrons. The molecule has 6 nitrogen and oxygen atoms in total. The lowest BCUT2D eigenvalue weighted by Gasteiger charge is -2.38. The van der Waals surface area contributed by atoms with E-state index in [0.717, 1.165) is 36.4 Å². The highest BCUT2D eigenvalue weighted by Crippen LogP contribution is 2.36. The van der Waals surface area contributed by atoms with Crippen LogP contribution in [0.2, 0.25) is 0 Å². The largest absolute Gasteiger partial charge is 0.325 e. The predicted molar refractivity (Wildman–Crippen MR) is 99.6 cm³/mol. The number of amides is 3. The summed E-state index contributed by atoms with van der Waals surface area (Å²) in [5.74, 6) is -0.480. The van der Waals surface area contributed by atoms with Gasteiger partial charge in [0.05, 0.1) is 12.1 Å². The molecule has 2 aromatic rings.